The zero-order valence-electron chi connectivity index (χ0n) is 14.1. The van der Waals surface area contributed by atoms with Gasteiger partial charge in [-0.3, -0.25) is 4.79 Å². The third-order valence-electron chi connectivity index (χ3n) is 3.37. The number of hydrogen-bond acceptors (Lipinski definition) is 6. The average Bonchev–Trinajstić information content (AvgIpc) is 2.62. The minimum Gasteiger partial charge on any atom is -0.497 e. The monoisotopic (exact) mass is 330 g/mol. The molecule has 0 bridgehead atoms. The highest BCUT2D eigenvalue weighted by Crippen LogP contribution is 2.30. The van der Waals surface area contributed by atoms with Crippen molar-refractivity contribution in [1.29, 1.82) is 0 Å². The average molecular weight is 330 g/mol. The van der Waals surface area contributed by atoms with Crippen molar-refractivity contribution in [2.24, 2.45) is 0 Å². The van der Waals surface area contributed by atoms with Crippen molar-refractivity contribution in [3.05, 3.63) is 36.3 Å². The van der Waals surface area contributed by atoms with Gasteiger partial charge in [-0.15, -0.1) is 0 Å². The Morgan fingerprint density at radius 2 is 2.00 bits per heavy atom. The molecule has 7 nitrogen and oxygen atoms in total. The molecular formula is C17H22N4O3. The predicted molar refractivity (Wildman–Crippen MR) is 92.1 cm³/mol. The van der Waals surface area contributed by atoms with Gasteiger partial charge in [0.1, 0.15) is 23.0 Å². The number of nitrogens with one attached hydrogen (secondary N) is 2. The Balaban J connectivity index is 2.07. The van der Waals surface area contributed by atoms with Crippen LogP contribution in [0.25, 0.3) is 0 Å². The summed E-state index contributed by atoms with van der Waals surface area (Å²) >= 11 is 0. The lowest BCUT2D eigenvalue weighted by molar-refractivity contribution is 0.0948. The zero-order valence-corrected chi connectivity index (χ0v) is 14.1. The molecule has 0 fully saturated rings. The lowest BCUT2D eigenvalue weighted by atomic mass is 10.2. The summed E-state index contributed by atoms with van der Waals surface area (Å²) in [6, 6.07) is 5.40. The summed E-state index contributed by atoms with van der Waals surface area (Å²) in [7, 11) is 3.18. The summed E-state index contributed by atoms with van der Waals surface area (Å²) in [6.45, 7) is 2.71. The maximum absolute atomic E-state index is 11.9. The smallest absolute Gasteiger partial charge is 0.271 e. The van der Waals surface area contributed by atoms with E-state index in [1.807, 2.05) is 0 Å². The largest absolute Gasteiger partial charge is 0.497 e. The van der Waals surface area contributed by atoms with Crippen molar-refractivity contribution in [3.8, 4) is 11.5 Å². The maximum atomic E-state index is 11.9. The molecule has 0 saturated carbocycles. The standard InChI is InChI=1S/C17H22N4O3/c1-4-5-8-18-17(22)14-10-20-16(11-19-14)21-13-9-12(23-2)6-7-15(13)24-3/h6-7,9-11H,4-5,8H2,1-3H3,(H,18,22)(H,20,21). The number of carbonyl (C=O) groups is 1. The zero-order chi connectivity index (χ0) is 17.4. The highest BCUT2D eigenvalue weighted by atomic mass is 16.5. The second-order valence-corrected chi connectivity index (χ2v) is 5.09. The molecule has 1 aromatic heterocycles. The fourth-order valence-electron chi connectivity index (χ4n) is 2.03. The summed E-state index contributed by atoms with van der Waals surface area (Å²) in [4.78, 5) is 20.3. The number of anilines is 2. The fraction of sp³-hybridized carbons (Fsp3) is 0.353. The molecule has 2 rings (SSSR count). The van der Waals surface area contributed by atoms with Gasteiger partial charge in [0.05, 0.1) is 32.3 Å². The summed E-state index contributed by atoms with van der Waals surface area (Å²) < 4.78 is 10.5. The molecule has 0 saturated heterocycles. The molecule has 1 amide bonds. The van der Waals surface area contributed by atoms with E-state index in [0.29, 0.717) is 29.5 Å². The van der Waals surface area contributed by atoms with E-state index in [2.05, 4.69) is 27.5 Å². The first-order chi connectivity index (χ1) is 11.7. The number of benzene rings is 1. The van der Waals surface area contributed by atoms with Crippen molar-refractivity contribution < 1.29 is 14.3 Å². The topological polar surface area (TPSA) is 85.4 Å². The van der Waals surface area contributed by atoms with Gasteiger partial charge < -0.3 is 20.1 Å². The van der Waals surface area contributed by atoms with Crippen LogP contribution in [-0.2, 0) is 0 Å². The van der Waals surface area contributed by atoms with E-state index in [1.54, 1.807) is 32.4 Å². The van der Waals surface area contributed by atoms with Crippen LogP contribution in [0.4, 0.5) is 11.5 Å². The summed E-state index contributed by atoms with van der Waals surface area (Å²) in [5.74, 6) is 1.63. The number of amides is 1. The van der Waals surface area contributed by atoms with E-state index in [-0.39, 0.29) is 11.6 Å². The Kier molecular flexibility index (Phi) is 6.36. The van der Waals surface area contributed by atoms with Crippen molar-refractivity contribution in [1.82, 2.24) is 15.3 Å². The van der Waals surface area contributed by atoms with Crippen LogP contribution in [0.1, 0.15) is 30.3 Å². The van der Waals surface area contributed by atoms with Gasteiger partial charge in [-0.2, -0.15) is 0 Å². The van der Waals surface area contributed by atoms with Gasteiger partial charge in [-0.25, -0.2) is 9.97 Å². The first-order valence-electron chi connectivity index (χ1n) is 7.77. The van der Waals surface area contributed by atoms with Crippen LogP contribution in [0.3, 0.4) is 0 Å². The number of rotatable bonds is 8. The van der Waals surface area contributed by atoms with E-state index >= 15 is 0 Å². The Bertz CT molecular complexity index is 674. The second-order valence-electron chi connectivity index (χ2n) is 5.09. The Morgan fingerprint density at radius 1 is 1.17 bits per heavy atom. The van der Waals surface area contributed by atoms with Crippen LogP contribution in [0.2, 0.25) is 0 Å². The number of carbonyl (C=O) groups excluding carboxylic acids is 1. The molecule has 24 heavy (non-hydrogen) atoms. The number of nitrogens with zero attached hydrogens (tertiary/aromatic N) is 2. The third-order valence-corrected chi connectivity index (χ3v) is 3.37. The van der Waals surface area contributed by atoms with E-state index in [0.717, 1.165) is 12.8 Å². The molecule has 1 aromatic carbocycles. The number of ether oxygens (including phenoxy) is 2. The number of methoxy groups -OCH3 is 2. The number of aromatic nitrogens is 2. The van der Waals surface area contributed by atoms with Crippen LogP contribution >= 0.6 is 0 Å². The molecule has 0 aliphatic rings. The quantitative estimate of drug-likeness (QED) is 0.724. The molecule has 0 radical (unpaired) electrons. The summed E-state index contributed by atoms with van der Waals surface area (Å²) in [5, 5.41) is 5.91. The van der Waals surface area contributed by atoms with Crippen LogP contribution in [0, 0.1) is 0 Å². The van der Waals surface area contributed by atoms with Crippen molar-refractivity contribution in [3.63, 3.8) is 0 Å². The normalized spacial score (nSPS) is 10.1. The van der Waals surface area contributed by atoms with E-state index in [4.69, 9.17) is 9.47 Å². The minimum absolute atomic E-state index is 0.221. The molecule has 7 heteroatoms. The molecule has 0 spiro atoms. The molecule has 2 N–H and O–H groups in total. The Morgan fingerprint density at radius 3 is 2.62 bits per heavy atom. The van der Waals surface area contributed by atoms with E-state index in [9.17, 15) is 4.79 Å². The second kappa shape index (κ2) is 8.71. The highest BCUT2D eigenvalue weighted by molar-refractivity contribution is 5.92. The number of unbranched alkanes of at least 4 members (excludes halogenated alkanes) is 1. The SMILES string of the molecule is CCCCNC(=O)c1cnc(Nc2cc(OC)ccc2OC)cn1. The molecule has 128 valence electrons. The molecule has 2 aromatic rings. The molecule has 0 atom stereocenters. The summed E-state index contributed by atoms with van der Waals surface area (Å²) in [6.07, 6.45) is 4.91. The van der Waals surface area contributed by atoms with Gasteiger partial charge in [0.2, 0.25) is 0 Å². The molecule has 0 aliphatic carbocycles. The first kappa shape index (κ1) is 17.5. The third kappa shape index (κ3) is 4.58. The maximum Gasteiger partial charge on any atom is 0.271 e. The van der Waals surface area contributed by atoms with Crippen LogP contribution < -0.4 is 20.1 Å². The minimum atomic E-state index is -0.221. The Hall–Kier alpha value is -2.83. The number of hydrogen-bond donors (Lipinski definition) is 2. The fourth-order valence-corrected chi connectivity index (χ4v) is 2.03. The van der Waals surface area contributed by atoms with Gasteiger partial charge in [0.15, 0.2) is 0 Å². The molecule has 1 heterocycles. The molecule has 0 unspecified atom stereocenters. The highest BCUT2D eigenvalue weighted by Gasteiger charge is 2.09. The lowest BCUT2D eigenvalue weighted by Gasteiger charge is -2.12. The van der Waals surface area contributed by atoms with Gasteiger partial charge >= 0.3 is 0 Å². The van der Waals surface area contributed by atoms with Gasteiger partial charge in [0, 0.05) is 12.6 Å². The van der Waals surface area contributed by atoms with Crippen LogP contribution in [0.15, 0.2) is 30.6 Å². The molecule has 0 aliphatic heterocycles. The lowest BCUT2D eigenvalue weighted by Crippen LogP contribution is -2.25. The molecular weight excluding hydrogens is 308 g/mol. The van der Waals surface area contributed by atoms with E-state index < -0.39 is 0 Å². The van der Waals surface area contributed by atoms with Crippen LogP contribution in [0.5, 0.6) is 11.5 Å². The van der Waals surface area contributed by atoms with E-state index in [1.165, 1.54) is 12.4 Å². The predicted octanol–water partition coefficient (Wildman–Crippen LogP) is 2.77. The van der Waals surface area contributed by atoms with Gasteiger partial charge in [0.25, 0.3) is 5.91 Å². The first-order valence-corrected chi connectivity index (χ1v) is 7.77. The van der Waals surface area contributed by atoms with Crippen LogP contribution in [-0.4, -0.2) is 36.6 Å². The van der Waals surface area contributed by atoms with Crippen molar-refractivity contribution in [2.75, 3.05) is 26.1 Å². The Labute approximate surface area is 141 Å². The van der Waals surface area contributed by atoms with Gasteiger partial charge in [-0.1, -0.05) is 13.3 Å². The van der Waals surface area contributed by atoms with Crippen molar-refractivity contribution in [2.45, 2.75) is 19.8 Å². The summed E-state index contributed by atoms with van der Waals surface area (Å²) in [5.41, 5.74) is 0.987. The van der Waals surface area contributed by atoms with Crippen molar-refractivity contribution >= 4 is 17.4 Å². The van der Waals surface area contributed by atoms with Gasteiger partial charge in [-0.05, 0) is 18.6 Å².